The third-order valence-corrected chi connectivity index (χ3v) is 6.49. The predicted octanol–water partition coefficient (Wildman–Crippen LogP) is 4.75. The Morgan fingerprint density at radius 2 is 1.81 bits per heavy atom. The van der Waals surface area contributed by atoms with Crippen LogP contribution in [0.2, 0.25) is 0 Å². The van der Waals surface area contributed by atoms with Gasteiger partial charge in [-0.3, -0.25) is 0 Å². The van der Waals surface area contributed by atoms with Crippen LogP contribution in [0.25, 0.3) is 5.57 Å². The zero-order valence-corrected chi connectivity index (χ0v) is 16.8. The first kappa shape index (κ1) is 17.5. The van der Waals surface area contributed by atoms with Crippen LogP contribution in [0.1, 0.15) is 24.0 Å². The maximum Gasteiger partial charge on any atom is 0.127 e. The highest BCUT2D eigenvalue weighted by molar-refractivity contribution is 7.99. The number of hydrogen-bond acceptors (Lipinski definition) is 4. The van der Waals surface area contributed by atoms with Gasteiger partial charge in [0.25, 0.3) is 0 Å². The standard InChI is InChI=1S/C22H26N2OS/c1-23(2)16-8-9-17-20(14-16)26-19-7-5-6-18(25-4)22(19)21(17)15-10-12-24(3)13-11-15/h5-9,14H,10-13H2,1-4H3. The van der Waals surface area contributed by atoms with Crippen LogP contribution in [0.4, 0.5) is 5.69 Å². The van der Waals surface area contributed by atoms with Crippen molar-refractivity contribution in [3.8, 4) is 5.75 Å². The third kappa shape index (κ3) is 3.01. The summed E-state index contributed by atoms with van der Waals surface area (Å²) in [5, 5.41) is 0. The number of benzene rings is 2. The molecule has 2 heterocycles. The summed E-state index contributed by atoms with van der Waals surface area (Å²) >= 11 is 1.86. The molecule has 136 valence electrons. The Labute approximate surface area is 160 Å². The van der Waals surface area contributed by atoms with Gasteiger partial charge in [0, 0.05) is 48.2 Å². The maximum absolute atomic E-state index is 5.77. The summed E-state index contributed by atoms with van der Waals surface area (Å²) in [5.41, 5.74) is 6.86. The molecule has 0 aliphatic carbocycles. The predicted molar refractivity (Wildman–Crippen MR) is 111 cm³/mol. The van der Waals surface area contributed by atoms with Gasteiger partial charge in [0.15, 0.2) is 0 Å². The summed E-state index contributed by atoms with van der Waals surface area (Å²) < 4.78 is 5.77. The van der Waals surface area contributed by atoms with Gasteiger partial charge in [-0.1, -0.05) is 29.5 Å². The fraction of sp³-hybridized carbons (Fsp3) is 0.364. The summed E-state index contributed by atoms with van der Waals surface area (Å²) in [5.74, 6) is 0.985. The fourth-order valence-electron chi connectivity index (χ4n) is 3.85. The smallest absolute Gasteiger partial charge is 0.127 e. The van der Waals surface area contributed by atoms with Gasteiger partial charge in [0.05, 0.1) is 7.11 Å². The van der Waals surface area contributed by atoms with Crippen LogP contribution in [0.5, 0.6) is 5.75 Å². The lowest BCUT2D eigenvalue weighted by atomic mass is 9.87. The highest BCUT2D eigenvalue weighted by Crippen LogP contribution is 2.51. The molecule has 0 aromatic heterocycles. The molecule has 2 aliphatic heterocycles. The highest BCUT2D eigenvalue weighted by Gasteiger charge is 2.28. The lowest BCUT2D eigenvalue weighted by Crippen LogP contribution is -2.27. The number of ether oxygens (including phenoxy) is 1. The lowest BCUT2D eigenvalue weighted by Gasteiger charge is -2.31. The molecule has 3 nitrogen and oxygen atoms in total. The summed E-state index contributed by atoms with van der Waals surface area (Å²) in [6.45, 7) is 2.25. The number of hydrogen-bond donors (Lipinski definition) is 0. The van der Waals surface area contributed by atoms with Gasteiger partial charge >= 0.3 is 0 Å². The average Bonchev–Trinajstić information content (AvgIpc) is 2.66. The molecule has 2 aromatic rings. The maximum atomic E-state index is 5.77. The molecule has 26 heavy (non-hydrogen) atoms. The van der Waals surface area contributed by atoms with E-state index < -0.39 is 0 Å². The Bertz CT molecular complexity index is 862. The van der Waals surface area contributed by atoms with E-state index in [1.54, 1.807) is 12.7 Å². The van der Waals surface area contributed by atoms with E-state index >= 15 is 0 Å². The van der Waals surface area contributed by atoms with Crippen molar-refractivity contribution in [3.05, 3.63) is 53.1 Å². The van der Waals surface area contributed by atoms with E-state index in [9.17, 15) is 0 Å². The molecular weight excluding hydrogens is 340 g/mol. The van der Waals surface area contributed by atoms with Crippen molar-refractivity contribution in [1.29, 1.82) is 0 Å². The summed E-state index contributed by atoms with van der Waals surface area (Å²) in [4.78, 5) is 7.23. The minimum atomic E-state index is 0.985. The zero-order chi connectivity index (χ0) is 18.3. The minimum Gasteiger partial charge on any atom is -0.496 e. The highest BCUT2D eigenvalue weighted by atomic mass is 32.2. The third-order valence-electron chi connectivity index (χ3n) is 5.37. The summed E-state index contributed by atoms with van der Waals surface area (Å²) in [6, 6.07) is 13.3. The van der Waals surface area contributed by atoms with Gasteiger partial charge in [-0.2, -0.15) is 0 Å². The lowest BCUT2D eigenvalue weighted by molar-refractivity contribution is 0.313. The molecule has 4 rings (SSSR count). The minimum absolute atomic E-state index is 0.985. The van der Waals surface area contributed by atoms with Gasteiger partial charge in [0.2, 0.25) is 0 Å². The Hall–Kier alpha value is -1.91. The molecular formula is C22H26N2OS. The second-order valence-corrected chi connectivity index (χ2v) is 8.38. The molecule has 0 bridgehead atoms. The molecule has 1 fully saturated rings. The largest absolute Gasteiger partial charge is 0.496 e. The van der Waals surface area contributed by atoms with Gasteiger partial charge in [-0.15, -0.1) is 0 Å². The SMILES string of the molecule is COc1cccc2c1C(=C1CCN(C)CC1)c1ccc(N(C)C)cc1S2. The van der Waals surface area contributed by atoms with Gasteiger partial charge in [-0.05, 0) is 55.3 Å². The molecule has 0 atom stereocenters. The molecule has 2 aromatic carbocycles. The Morgan fingerprint density at radius 3 is 2.50 bits per heavy atom. The van der Waals surface area contributed by atoms with Crippen molar-refractivity contribution in [2.75, 3.05) is 46.2 Å². The average molecular weight is 367 g/mol. The van der Waals surface area contributed by atoms with Crippen LogP contribution in [0.3, 0.4) is 0 Å². The van der Waals surface area contributed by atoms with Crippen LogP contribution >= 0.6 is 11.8 Å². The van der Waals surface area contributed by atoms with Crippen molar-refractivity contribution in [1.82, 2.24) is 4.90 Å². The number of likely N-dealkylation sites (tertiary alicyclic amines) is 1. The van der Waals surface area contributed by atoms with Crippen LogP contribution < -0.4 is 9.64 Å². The molecule has 0 saturated carbocycles. The van der Waals surface area contributed by atoms with Crippen LogP contribution in [0, 0.1) is 0 Å². The number of methoxy groups -OCH3 is 1. The van der Waals surface area contributed by atoms with E-state index in [2.05, 4.69) is 67.3 Å². The molecule has 0 amide bonds. The molecule has 2 aliphatic rings. The normalized spacial score (nSPS) is 16.9. The Balaban J connectivity index is 1.93. The fourth-order valence-corrected chi connectivity index (χ4v) is 5.00. The number of piperidine rings is 1. The molecule has 1 saturated heterocycles. The van der Waals surface area contributed by atoms with E-state index in [1.165, 1.54) is 32.2 Å². The summed E-state index contributed by atoms with van der Waals surface area (Å²) in [6.07, 6.45) is 2.26. The summed E-state index contributed by atoms with van der Waals surface area (Å²) in [7, 11) is 8.19. The van der Waals surface area contributed by atoms with Crippen LogP contribution in [-0.2, 0) is 0 Å². The van der Waals surface area contributed by atoms with E-state index in [4.69, 9.17) is 4.74 Å². The first-order valence-corrected chi connectivity index (χ1v) is 9.97. The Morgan fingerprint density at radius 1 is 1.04 bits per heavy atom. The molecule has 0 spiro atoms. The number of fused-ring (bicyclic) bond motifs is 2. The number of nitrogens with zero attached hydrogens (tertiary/aromatic N) is 2. The van der Waals surface area contributed by atoms with Crippen LogP contribution in [0.15, 0.2) is 51.8 Å². The van der Waals surface area contributed by atoms with Crippen molar-refractivity contribution < 1.29 is 4.74 Å². The number of anilines is 1. The molecule has 0 unspecified atom stereocenters. The van der Waals surface area contributed by atoms with Crippen molar-refractivity contribution in [2.45, 2.75) is 22.6 Å². The topological polar surface area (TPSA) is 15.7 Å². The van der Waals surface area contributed by atoms with E-state index in [1.807, 2.05) is 11.8 Å². The van der Waals surface area contributed by atoms with E-state index in [0.29, 0.717) is 0 Å². The van der Waals surface area contributed by atoms with E-state index in [-0.39, 0.29) is 0 Å². The van der Waals surface area contributed by atoms with Gasteiger partial charge < -0.3 is 14.5 Å². The number of rotatable bonds is 2. The zero-order valence-electron chi connectivity index (χ0n) is 16.0. The second kappa shape index (κ2) is 7.01. The Kier molecular flexibility index (Phi) is 4.72. The monoisotopic (exact) mass is 366 g/mol. The molecule has 0 radical (unpaired) electrons. The first-order valence-electron chi connectivity index (χ1n) is 9.16. The van der Waals surface area contributed by atoms with Crippen molar-refractivity contribution in [2.24, 2.45) is 0 Å². The van der Waals surface area contributed by atoms with Gasteiger partial charge in [0.1, 0.15) is 5.75 Å². The quantitative estimate of drug-likeness (QED) is 0.650. The van der Waals surface area contributed by atoms with Crippen LogP contribution in [-0.4, -0.2) is 46.2 Å². The van der Waals surface area contributed by atoms with Crippen molar-refractivity contribution >= 4 is 23.0 Å². The van der Waals surface area contributed by atoms with Crippen molar-refractivity contribution in [3.63, 3.8) is 0 Å². The van der Waals surface area contributed by atoms with E-state index in [0.717, 1.165) is 31.7 Å². The second-order valence-electron chi connectivity index (χ2n) is 7.29. The first-order chi connectivity index (χ1) is 12.6. The molecule has 4 heteroatoms. The molecule has 0 N–H and O–H groups in total. The van der Waals surface area contributed by atoms with Gasteiger partial charge in [-0.25, -0.2) is 0 Å².